The van der Waals surface area contributed by atoms with Crippen LogP contribution >= 0.6 is 0 Å². The highest BCUT2D eigenvalue weighted by molar-refractivity contribution is 5.82. The summed E-state index contributed by atoms with van der Waals surface area (Å²) in [5.74, 6) is 0. The van der Waals surface area contributed by atoms with Crippen LogP contribution in [0, 0.1) is 0 Å². The summed E-state index contributed by atoms with van der Waals surface area (Å²) in [6, 6.07) is 8.85. The molecule has 0 aliphatic heterocycles. The molecule has 15 heavy (non-hydrogen) atoms. The quantitative estimate of drug-likeness (QED) is 0.759. The van der Waals surface area contributed by atoms with Gasteiger partial charge in [-0.25, -0.2) is 4.39 Å². The van der Waals surface area contributed by atoms with E-state index in [1.807, 2.05) is 12.1 Å². The van der Waals surface area contributed by atoms with Crippen LogP contribution in [0.3, 0.4) is 0 Å². The molecule has 1 N–H and O–H groups in total. The fourth-order valence-electron chi connectivity index (χ4n) is 1.55. The first-order chi connectivity index (χ1) is 7.33. The van der Waals surface area contributed by atoms with E-state index in [1.54, 1.807) is 24.4 Å². The van der Waals surface area contributed by atoms with Crippen molar-refractivity contribution in [1.82, 2.24) is 4.98 Å². The monoisotopic (exact) mass is 203 g/mol. The minimum Gasteiger partial charge on any atom is -0.516 e. The predicted octanol–water partition coefficient (Wildman–Crippen LogP) is 3.32. The lowest BCUT2D eigenvalue weighted by Crippen LogP contribution is -1.90. The third kappa shape index (κ3) is 1.81. The molecule has 1 atom stereocenters. The van der Waals surface area contributed by atoms with Crippen LogP contribution in [0.15, 0.2) is 48.9 Å². The van der Waals surface area contributed by atoms with Crippen molar-refractivity contribution in [3.05, 3.63) is 54.4 Å². The number of halogens is 1. The Kier molecular flexibility index (Phi) is 2.63. The van der Waals surface area contributed by atoms with Gasteiger partial charge in [0.25, 0.3) is 0 Å². The average Bonchev–Trinajstić information content (AvgIpc) is 2.28. The van der Waals surface area contributed by atoms with Gasteiger partial charge in [0.15, 0.2) is 0 Å². The molecule has 1 heterocycles. The lowest BCUT2D eigenvalue weighted by molar-refractivity contribution is 0.398. The summed E-state index contributed by atoms with van der Waals surface area (Å²) in [5, 5.41) is 9.30. The molecule has 0 saturated heterocycles. The molecule has 1 unspecified atom stereocenters. The van der Waals surface area contributed by atoms with Gasteiger partial charge >= 0.3 is 0 Å². The molecule has 0 aliphatic carbocycles. The van der Waals surface area contributed by atoms with Gasteiger partial charge in [-0.2, -0.15) is 0 Å². The summed E-state index contributed by atoms with van der Waals surface area (Å²) in [4.78, 5) is 4.13. The van der Waals surface area contributed by atoms with E-state index in [-0.39, 0.29) is 0 Å². The molecule has 0 spiro atoms. The molecule has 3 heteroatoms. The number of aliphatic hydroxyl groups is 1. The van der Waals surface area contributed by atoms with Crippen molar-refractivity contribution in [3.63, 3.8) is 0 Å². The molecule has 0 saturated carbocycles. The van der Waals surface area contributed by atoms with Crippen LogP contribution < -0.4 is 0 Å². The van der Waals surface area contributed by atoms with E-state index in [0.717, 1.165) is 23.2 Å². The van der Waals surface area contributed by atoms with Crippen molar-refractivity contribution in [2.75, 3.05) is 0 Å². The van der Waals surface area contributed by atoms with Gasteiger partial charge in [-0.3, -0.25) is 4.98 Å². The van der Waals surface area contributed by atoms with Crippen LogP contribution in [0.25, 0.3) is 10.9 Å². The van der Waals surface area contributed by atoms with Crippen molar-refractivity contribution < 1.29 is 9.50 Å². The number of rotatable bonds is 2. The normalized spacial score (nSPS) is 13.4. The smallest absolute Gasteiger partial charge is 0.147 e. The summed E-state index contributed by atoms with van der Waals surface area (Å²) < 4.78 is 13.6. The maximum absolute atomic E-state index is 13.6. The number of benzene rings is 1. The van der Waals surface area contributed by atoms with Crippen LogP contribution in [0.1, 0.15) is 11.7 Å². The van der Waals surface area contributed by atoms with Crippen LogP contribution in [-0.4, -0.2) is 10.1 Å². The standard InChI is InChI=1S/C12H10FNO/c13-11(6-8-15)9-3-1-5-12-10(9)4-2-7-14-12/h1-8,11,15H/b8-6-. The fraction of sp³-hybridized carbons (Fsp3) is 0.0833. The molecule has 2 rings (SSSR count). The van der Waals surface area contributed by atoms with Crippen LogP contribution in [0.4, 0.5) is 4.39 Å². The number of fused-ring (bicyclic) bond motifs is 1. The Morgan fingerprint density at radius 3 is 2.93 bits per heavy atom. The topological polar surface area (TPSA) is 33.1 Å². The third-order valence-electron chi connectivity index (χ3n) is 2.23. The average molecular weight is 203 g/mol. The van der Waals surface area contributed by atoms with Crippen LogP contribution in [0.2, 0.25) is 0 Å². The largest absolute Gasteiger partial charge is 0.516 e. The second kappa shape index (κ2) is 4.09. The predicted molar refractivity (Wildman–Crippen MR) is 57.4 cm³/mol. The molecule has 2 nitrogen and oxygen atoms in total. The number of pyridine rings is 1. The van der Waals surface area contributed by atoms with Gasteiger partial charge in [0.1, 0.15) is 6.17 Å². The molecule has 1 aromatic carbocycles. The van der Waals surface area contributed by atoms with Gasteiger partial charge < -0.3 is 5.11 Å². The van der Waals surface area contributed by atoms with E-state index in [0.29, 0.717) is 5.56 Å². The molecule has 76 valence electrons. The number of nitrogens with zero attached hydrogens (tertiary/aromatic N) is 1. The van der Waals surface area contributed by atoms with Crippen molar-refractivity contribution in [2.24, 2.45) is 0 Å². The lowest BCUT2D eigenvalue weighted by atomic mass is 10.0. The number of alkyl halides is 1. The number of hydrogen-bond acceptors (Lipinski definition) is 2. The molecule has 0 fully saturated rings. The lowest BCUT2D eigenvalue weighted by Gasteiger charge is -2.06. The Morgan fingerprint density at radius 1 is 1.27 bits per heavy atom. The SMILES string of the molecule is O/C=C\C(F)c1cccc2ncccc12. The minimum absolute atomic E-state index is 0.519. The number of aliphatic hydroxyl groups excluding tert-OH is 1. The minimum atomic E-state index is -1.30. The Labute approximate surface area is 86.7 Å². The Bertz CT molecular complexity index is 490. The zero-order valence-electron chi connectivity index (χ0n) is 7.97. The van der Waals surface area contributed by atoms with E-state index in [2.05, 4.69) is 4.98 Å². The highest BCUT2D eigenvalue weighted by atomic mass is 19.1. The molecular formula is C12H10FNO. The second-order valence-electron chi connectivity index (χ2n) is 3.16. The highest BCUT2D eigenvalue weighted by Gasteiger charge is 2.09. The van der Waals surface area contributed by atoms with Gasteiger partial charge in [-0.1, -0.05) is 18.2 Å². The van der Waals surface area contributed by atoms with Crippen molar-refractivity contribution in [3.8, 4) is 0 Å². The van der Waals surface area contributed by atoms with Crippen molar-refractivity contribution in [2.45, 2.75) is 6.17 Å². The van der Waals surface area contributed by atoms with Crippen LogP contribution in [-0.2, 0) is 0 Å². The van der Waals surface area contributed by atoms with Crippen molar-refractivity contribution in [1.29, 1.82) is 0 Å². The molecule has 0 bridgehead atoms. The number of aromatic nitrogens is 1. The second-order valence-corrected chi connectivity index (χ2v) is 3.16. The first kappa shape index (κ1) is 9.65. The number of allylic oxidation sites excluding steroid dienone is 1. The summed E-state index contributed by atoms with van der Waals surface area (Å²) in [6.45, 7) is 0. The highest BCUT2D eigenvalue weighted by Crippen LogP contribution is 2.26. The number of hydrogen-bond donors (Lipinski definition) is 1. The summed E-state index contributed by atoms with van der Waals surface area (Å²) >= 11 is 0. The summed E-state index contributed by atoms with van der Waals surface area (Å²) in [6.07, 6.45) is 2.19. The third-order valence-corrected chi connectivity index (χ3v) is 2.23. The van der Waals surface area contributed by atoms with Gasteiger partial charge in [-0.05, 0) is 23.8 Å². The Morgan fingerprint density at radius 2 is 2.13 bits per heavy atom. The Hall–Kier alpha value is -1.90. The summed E-state index contributed by atoms with van der Waals surface area (Å²) in [5.41, 5.74) is 1.27. The fourth-order valence-corrected chi connectivity index (χ4v) is 1.55. The molecule has 1 aromatic heterocycles. The van der Waals surface area contributed by atoms with Crippen molar-refractivity contribution >= 4 is 10.9 Å². The maximum atomic E-state index is 13.6. The molecular weight excluding hydrogens is 193 g/mol. The molecule has 0 radical (unpaired) electrons. The first-order valence-corrected chi connectivity index (χ1v) is 4.61. The van der Waals surface area contributed by atoms with Crippen LogP contribution in [0.5, 0.6) is 0 Å². The van der Waals surface area contributed by atoms with E-state index < -0.39 is 6.17 Å². The zero-order chi connectivity index (χ0) is 10.7. The van der Waals surface area contributed by atoms with E-state index >= 15 is 0 Å². The van der Waals surface area contributed by atoms with Gasteiger partial charge in [-0.15, -0.1) is 0 Å². The van der Waals surface area contributed by atoms with Gasteiger partial charge in [0, 0.05) is 11.6 Å². The van der Waals surface area contributed by atoms with E-state index in [9.17, 15) is 4.39 Å². The molecule has 2 aromatic rings. The molecule has 0 aliphatic rings. The van der Waals surface area contributed by atoms with E-state index in [1.165, 1.54) is 0 Å². The van der Waals surface area contributed by atoms with Gasteiger partial charge in [0.05, 0.1) is 11.8 Å². The maximum Gasteiger partial charge on any atom is 0.147 e. The Balaban J connectivity index is 2.60. The first-order valence-electron chi connectivity index (χ1n) is 4.61. The van der Waals surface area contributed by atoms with E-state index in [4.69, 9.17) is 5.11 Å². The molecule has 0 amide bonds. The summed E-state index contributed by atoms with van der Waals surface area (Å²) in [7, 11) is 0. The zero-order valence-corrected chi connectivity index (χ0v) is 7.97. The van der Waals surface area contributed by atoms with Gasteiger partial charge in [0.2, 0.25) is 0 Å².